The van der Waals surface area contributed by atoms with Crippen molar-refractivity contribution in [3.05, 3.63) is 23.8 Å². The molecule has 0 spiro atoms. The first-order valence-corrected chi connectivity index (χ1v) is 6.79. The SMILES string of the molecule is COc1ccc([C@@H](C)NC(=O)[C@H]2CCCO2)cc1OC. The molecule has 5 nitrogen and oxygen atoms in total. The summed E-state index contributed by atoms with van der Waals surface area (Å²) in [6, 6.07) is 5.52. The van der Waals surface area contributed by atoms with Crippen LogP contribution < -0.4 is 14.8 Å². The largest absolute Gasteiger partial charge is 0.493 e. The molecule has 1 amide bonds. The van der Waals surface area contributed by atoms with Crippen molar-refractivity contribution in [1.82, 2.24) is 5.32 Å². The van der Waals surface area contributed by atoms with E-state index < -0.39 is 0 Å². The predicted octanol–water partition coefficient (Wildman–Crippen LogP) is 2.06. The van der Waals surface area contributed by atoms with E-state index >= 15 is 0 Å². The first-order chi connectivity index (χ1) is 9.65. The van der Waals surface area contributed by atoms with Crippen LogP contribution in [0.3, 0.4) is 0 Å². The average molecular weight is 279 g/mol. The Morgan fingerprint density at radius 2 is 2.10 bits per heavy atom. The number of rotatable bonds is 5. The molecule has 1 saturated heterocycles. The van der Waals surface area contributed by atoms with Crippen molar-refractivity contribution in [2.24, 2.45) is 0 Å². The van der Waals surface area contributed by atoms with Gasteiger partial charge >= 0.3 is 0 Å². The van der Waals surface area contributed by atoms with Crippen molar-refractivity contribution in [2.75, 3.05) is 20.8 Å². The van der Waals surface area contributed by atoms with Crippen LogP contribution in [0.15, 0.2) is 18.2 Å². The Bertz CT molecular complexity index is 469. The highest BCUT2D eigenvalue weighted by Gasteiger charge is 2.25. The molecule has 2 atom stereocenters. The maximum Gasteiger partial charge on any atom is 0.249 e. The van der Waals surface area contributed by atoms with Crippen molar-refractivity contribution in [3.63, 3.8) is 0 Å². The molecule has 0 bridgehead atoms. The highest BCUT2D eigenvalue weighted by Crippen LogP contribution is 2.30. The molecule has 0 aliphatic carbocycles. The quantitative estimate of drug-likeness (QED) is 0.896. The number of hydrogen-bond donors (Lipinski definition) is 1. The fraction of sp³-hybridized carbons (Fsp3) is 0.533. The highest BCUT2D eigenvalue weighted by molar-refractivity contribution is 5.81. The highest BCUT2D eigenvalue weighted by atomic mass is 16.5. The van der Waals surface area contributed by atoms with Crippen molar-refractivity contribution >= 4 is 5.91 Å². The summed E-state index contributed by atoms with van der Waals surface area (Å²) in [5.74, 6) is 1.28. The van der Waals surface area contributed by atoms with Gasteiger partial charge in [-0.15, -0.1) is 0 Å². The van der Waals surface area contributed by atoms with E-state index in [0.717, 1.165) is 18.4 Å². The predicted molar refractivity (Wildman–Crippen MR) is 75.1 cm³/mol. The summed E-state index contributed by atoms with van der Waals surface area (Å²) in [7, 11) is 3.19. The molecule has 0 unspecified atom stereocenters. The summed E-state index contributed by atoms with van der Waals surface area (Å²) in [6.45, 7) is 2.61. The Hall–Kier alpha value is -1.75. The summed E-state index contributed by atoms with van der Waals surface area (Å²) in [5.41, 5.74) is 0.967. The van der Waals surface area contributed by atoms with Gasteiger partial charge < -0.3 is 19.5 Å². The van der Waals surface area contributed by atoms with E-state index in [0.29, 0.717) is 18.1 Å². The second kappa shape index (κ2) is 6.61. The van der Waals surface area contributed by atoms with Crippen molar-refractivity contribution in [3.8, 4) is 11.5 Å². The Morgan fingerprint density at radius 3 is 2.70 bits per heavy atom. The van der Waals surface area contributed by atoms with Gasteiger partial charge in [0, 0.05) is 6.61 Å². The topological polar surface area (TPSA) is 56.8 Å². The van der Waals surface area contributed by atoms with Gasteiger partial charge in [0.2, 0.25) is 5.91 Å². The van der Waals surface area contributed by atoms with E-state index in [4.69, 9.17) is 14.2 Å². The van der Waals surface area contributed by atoms with E-state index in [2.05, 4.69) is 5.32 Å². The molecule has 1 aliphatic rings. The number of ether oxygens (including phenoxy) is 3. The van der Waals surface area contributed by atoms with Crippen molar-refractivity contribution < 1.29 is 19.0 Å². The Labute approximate surface area is 119 Å². The van der Waals surface area contributed by atoms with Crippen molar-refractivity contribution in [1.29, 1.82) is 0 Å². The lowest BCUT2D eigenvalue weighted by molar-refractivity contribution is -0.130. The number of hydrogen-bond acceptors (Lipinski definition) is 4. The van der Waals surface area contributed by atoms with Gasteiger partial charge in [0.25, 0.3) is 0 Å². The minimum absolute atomic E-state index is 0.0511. The van der Waals surface area contributed by atoms with Crippen LogP contribution in [0, 0.1) is 0 Å². The molecule has 0 radical (unpaired) electrons. The Kier molecular flexibility index (Phi) is 4.84. The van der Waals surface area contributed by atoms with Gasteiger partial charge in [-0.25, -0.2) is 0 Å². The number of carbonyl (C=O) groups is 1. The van der Waals surface area contributed by atoms with Gasteiger partial charge in [-0.2, -0.15) is 0 Å². The molecule has 5 heteroatoms. The summed E-state index contributed by atoms with van der Waals surface area (Å²) in [6.07, 6.45) is 1.44. The van der Waals surface area contributed by atoms with E-state index in [-0.39, 0.29) is 18.1 Å². The smallest absolute Gasteiger partial charge is 0.249 e. The summed E-state index contributed by atoms with van der Waals surface area (Å²) < 4.78 is 15.8. The van der Waals surface area contributed by atoms with Crippen molar-refractivity contribution in [2.45, 2.75) is 31.9 Å². The van der Waals surface area contributed by atoms with E-state index in [9.17, 15) is 4.79 Å². The van der Waals surface area contributed by atoms with Crippen LogP contribution in [0.4, 0.5) is 0 Å². The van der Waals surface area contributed by atoms with Gasteiger partial charge in [-0.05, 0) is 37.5 Å². The zero-order valence-electron chi connectivity index (χ0n) is 12.1. The number of carbonyl (C=O) groups excluding carboxylic acids is 1. The third kappa shape index (κ3) is 3.22. The number of amides is 1. The third-order valence-electron chi connectivity index (χ3n) is 3.49. The maximum atomic E-state index is 12.0. The molecule has 2 rings (SSSR count). The lowest BCUT2D eigenvalue weighted by Crippen LogP contribution is -2.35. The van der Waals surface area contributed by atoms with Gasteiger partial charge in [0.15, 0.2) is 11.5 Å². The lowest BCUT2D eigenvalue weighted by Gasteiger charge is -2.18. The standard InChI is InChI=1S/C15H21NO4/c1-10(16-15(17)13-5-4-8-20-13)11-6-7-12(18-2)14(9-11)19-3/h6-7,9-10,13H,4-5,8H2,1-3H3,(H,16,17)/t10-,13-/m1/s1. The minimum Gasteiger partial charge on any atom is -0.493 e. The minimum atomic E-state index is -0.308. The van der Waals surface area contributed by atoms with Gasteiger partial charge in [-0.1, -0.05) is 6.07 Å². The molecule has 0 aromatic heterocycles. The third-order valence-corrected chi connectivity index (χ3v) is 3.49. The van der Waals surface area contributed by atoms with E-state index in [1.54, 1.807) is 14.2 Å². The van der Waals surface area contributed by atoms with Gasteiger partial charge in [0.1, 0.15) is 6.10 Å². The molecule has 110 valence electrons. The number of methoxy groups -OCH3 is 2. The molecular formula is C15H21NO4. The normalized spacial score (nSPS) is 19.4. The van der Waals surface area contributed by atoms with Crippen LogP contribution in [0.1, 0.15) is 31.4 Å². The fourth-order valence-electron chi connectivity index (χ4n) is 2.30. The van der Waals surface area contributed by atoms with Gasteiger partial charge in [0.05, 0.1) is 20.3 Å². The molecule has 1 N–H and O–H groups in total. The molecular weight excluding hydrogens is 258 g/mol. The number of benzene rings is 1. The molecule has 1 aromatic carbocycles. The van der Waals surface area contributed by atoms with Crippen LogP contribution >= 0.6 is 0 Å². The zero-order valence-corrected chi connectivity index (χ0v) is 12.1. The summed E-state index contributed by atoms with van der Waals surface area (Å²) in [5, 5.41) is 2.97. The average Bonchev–Trinajstić information content (AvgIpc) is 3.00. The monoisotopic (exact) mass is 279 g/mol. The lowest BCUT2D eigenvalue weighted by atomic mass is 10.1. The van der Waals surface area contributed by atoms with Gasteiger partial charge in [-0.3, -0.25) is 4.79 Å². The summed E-state index contributed by atoms with van der Waals surface area (Å²) >= 11 is 0. The molecule has 1 aliphatic heterocycles. The maximum absolute atomic E-state index is 12.0. The summed E-state index contributed by atoms with van der Waals surface area (Å²) in [4.78, 5) is 12.0. The van der Waals surface area contributed by atoms with Crippen LogP contribution in [0.25, 0.3) is 0 Å². The molecule has 1 heterocycles. The molecule has 1 fully saturated rings. The van der Waals surface area contributed by atoms with E-state index in [1.165, 1.54) is 0 Å². The second-order valence-corrected chi connectivity index (χ2v) is 4.85. The first-order valence-electron chi connectivity index (χ1n) is 6.79. The Balaban J connectivity index is 2.04. The zero-order chi connectivity index (χ0) is 14.5. The van der Waals surface area contributed by atoms with Crippen LogP contribution in [0.5, 0.6) is 11.5 Å². The number of nitrogens with one attached hydrogen (secondary N) is 1. The first kappa shape index (κ1) is 14.7. The molecule has 1 aromatic rings. The van der Waals surface area contributed by atoms with Crippen LogP contribution in [-0.2, 0) is 9.53 Å². The second-order valence-electron chi connectivity index (χ2n) is 4.85. The fourth-order valence-corrected chi connectivity index (χ4v) is 2.30. The molecule has 0 saturated carbocycles. The van der Waals surface area contributed by atoms with E-state index in [1.807, 2.05) is 25.1 Å². The molecule has 20 heavy (non-hydrogen) atoms. The Morgan fingerprint density at radius 1 is 1.35 bits per heavy atom. The van der Waals surface area contributed by atoms with Crippen LogP contribution in [-0.4, -0.2) is 32.8 Å². The van der Waals surface area contributed by atoms with Crippen LogP contribution in [0.2, 0.25) is 0 Å².